The highest BCUT2D eigenvalue weighted by Gasteiger charge is 2.16. The number of hydrogen-bond donors (Lipinski definition) is 2. The molecule has 1 aliphatic carbocycles. The number of rotatable bonds is 4. The number of anilines is 1. The molecule has 1 aromatic heterocycles. The summed E-state index contributed by atoms with van der Waals surface area (Å²) < 4.78 is 0. The van der Waals surface area contributed by atoms with Crippen molar-refractivity contribution in [1.82, 2.24) is 15.3 Å². The van der Waals surface area contributed by atoms with Crippen molar-refractivity contribution in [2.75, 3.05) is 25.0 Å². The summed E-state index contributed by atoms with van der Waals surface area (Å²) >= 11 is 0. The third-order valence-corrected chi connectivity index (χ3v) is 4.37. The first-order chi connectivity index (χ1) is 9.43. The first-order valence-corrected chi connectivity index (χ1v) is 7.71. The minimum Gasteiger partial charge on any atom is -0.370 e. The van der Waals surface area contributed by atoms with Gasteiger partial charge in [-0.1, -0.05) is 0 Å². The second kappa shape index (κ2) is 6.33. The summed E-state index contributed by atoms with van der Waals surface area (Å²) in [6.45, 7) is 3.42. The molecular weight excluding hydrogens is 236 g/mol. The van der Waals surface area contributed by atoms with E-state index in [1.165, 1.54) is 56.5 Å². The maximum atomic E-state index is 4.44. The average molecular weight is 260 g/mol. The number of aryl methyl sites for hydroxylation is 1. The highest BCUT2D eigenvalue weighted by Crippen LogP contribution is 2.24. The van der Waals surface area contributed by atoms with Gasteiger partial charge in [0, 0.05) is 17.8 Å². The van der Waals surface area contributed by atoms with E-state index in [4.69, 9.17) is 0 Å². The van der Waals surface area contributed by atoms with Gasteiger partial charge in [0.25, 0.3) is 0 Å². The van der Waals surface area contributed by atoms with Gasteiger partial charge in [0.1, 0.15) is 12.1 Å². The van der Waals surface area contributed by atoms with Crippen molar-refractivity contribution < 1.29 is 0 Å². The van der Waals surface area contributed by atoms with Crippen LogP contribution in [-0.4, -0.2) is 29.6 Å². The van der Waals surface area contributed by atoms with E-state index in [-0.39, 0.29) is 0 Å². The van der Waals surface area contributed by atoms with E-state index in [9.17, 15) is 0 Å². The monoisotopic (exact) mass is 260 g/mol. The molecule has 1 fully saturated rings. The van der Waals surface area contributed by atoms with Crippen LogP contribution in [0.5, 0.6) is 0 Å². The highest BCUT2D eigenvalue weighted by molar-refractivity contribution is 5.46. The highest BCUT2D eigenvalue weighted by atomic mass is 15.0. The van der Waals surface area contributed by atoms with E-state index in [1.807, 2.05) is 0 Å². The molecule has 3 rings (SSSR count). The molecule has 19 heavy (non-hydrogen) atoms. The van der Waals surface area contributed by atoms with Crippen LogP contribution in [0.3, 0.4) is 0 Å². The Hall–Kier alpha value is -1.16. The normalized spacial score (nSPS) is 22.8. The summed E-state index contributed by atoms with van der Waals surface area (Å²) in [7, 11) is 0. The molecule has 0 saturated carbocycles. The lowest BCUT2D eigenvalue weighted by atomic mass is 9.95. The van der Waals surface area contributed by atoms with E-state index in [2.05, 4.69) is 20.6 Å². The van der Waals surface area contributed by atoms with Gasteiger partial charge in [-0.25, -0.2) is 9.97 Å². The van der Waals surface area contributed by atoms with Gasteiger partial charge in [-0.2, -0.15) is 0 Å². The Morgan fingerprint density at radius 1 is 1.21 bits per heavy atom. The predicted molar refractivity (Wildman–Crippen MR) is 77.4 cm³/mol. The van der Waals surface area contributed by atoms with Crippen LogP contribution in [0.15, 0.2) is 6.33 Å². The number of nitrogens with zero attached hydrogens (tertiary/aromatic N) is 2. The molecule has 0 radical (unpaired) electrons. The zero-order valence-corrected chi connectivity index (χ0v) is 11.6. The maximum absolute atomic E-state index is 4.44. The fourth-order valence-corrected chi connectivity index (χ4v) is 3.24. The molecule has 0 aromatic carbocycles. The second-order valence-electron chi connectivity index (χ2n) is 5.78. The molecule has 0 amide bonds. The maximum Gasteiger partial charge on any atom is 0.132 e. The lowest BCUT2D eigenvalue weighted by Gasteiger charge is -2.23. The summed E-state index contributed by atoms with van der Waals surface area (Å²) in [5.74, 6) is 1.92. The second-order valence-corrected chi connectivity index (χ2v) is 5.78. The Morgan fingerprint density at radius 2 is 2.16 bits per heavy atom. The van der Waals surface area contributed by atoms with Crippen LogP contribution in [0.2, 0.25) is 0 Å². The third-order valence-electron chi connectivity index (χ3n) is 4.37. The Morgan fingerprint density at radius 3 is 3.05 bits per heavy atom. The molecular formula is C15H24N4. The van der Waals surface area contributed by atoms with E-state index in [0.29, 0.717) is 0 Å². The van der Waals surface area contributed by atoms with Crippen molar-refractivity contribution in [2.45, 2.75) is 44.9 Å². The summed E-state index contributed by atoms with van der Waals surface area (Å²) in [5, 5.41) is 7.02. The predicted octanol–water partition coefficient (Wildman–Crippen LogP) is 2.16. The van der Waals surface area contributed by atoms with Gasteiger partial charge in [-0.15, -0.1) is 0 Å². The Labute approximate surface area is 115 Å². The van der Waals surface area contributed by atoms with Crippen molar-refractivity contribution in [2.24, 2.45) is 5.92 Å². The average Bonchev–Trinajstić information content (AvgIpc) is 2.49. The smallest absolute Gasteiger partial charge is 0.132 e. The lowest BCUT2D eigenvalue weighted by molar-refractivity contribution is 0.364. The fraction of sp³-hybridized carbons (Fsp3) is 0.733. The minimum absolute atomic E-state index is 0.832. The van der Waals surface area contributed by atoms with Crippen molar-refractivity contribution in [3.05, 3.63) is 17.6 Å². The van der Waals surface area contributed by atoms with E-state index < -0.39 is 0 Å². The van der Waals surface area contributed by atoms with Crippen LogP contribution >= 0.6 is 0 Å². The summed E-state index contributed by atoms with van der Waals surface area (Å²) in [6.07, 6.45) is 10.5. The van der Waals surface area contributed by atoms with Gasteiger partial charge in [0.15, 0.2) is 0 Å². The van der Waals surface area contributed by atoms with Crippen LogP contribution in [0, 0.1) is 5.92 Å². The van der Waals surface area contributed by atoms with E-state index >= 15 is 0 Å². The number of fused-ring (bicyclic) bond motifs is 1. The summed E-state index contributed by atoms with van der Waals surface area (Å²) in [6, 6.07) is 0. The number of nitrogens with one attached hydrogen (secondary N) is 2. The molecule has 1 unspecified atom stereocenters. The first kappa shape index (κ1) is 12.9. The molecule has 1 atom stereocenters. The number of hydrogen-bond acceptors (Lipinski definition) is 4. The van der Waals surface area contributed by atoms with Gasteiger partial charge in [-0.05, 0) is 64.0 Å². The molecule has 1 aromatic rings. The SMILES string of the molecule is c1nc2c(c(NCCC3CCCNC3)n1)CCCC2. The van der Waals surface area contributed by atoms with Crippen molar-refractivity contribution in [1.29, 1.82) is 0 Å². The molecule has 4 nitrogen and oxygen atoms in total. The van der Waals surface area contributed by atoms with Gasteiger partial charge < -0.3 is 10.6 Å². The van der Waals surface area contributed by atoms with Crippen molar-refractivity contribution in [3.63, 3.8) is 0 Å². The molecule has 1 aliphatic heterocycles. The largest absolute Gasteiger partial charge is 0.370 e. The fourth-order valence-electron chi connectivity index (χ4n) is 3.24. The van der Waals surface area contributed by atoms with Crippen LogP contribution in [0.1, 0.15) is 43.4 Å². The molecule has 4 heteroatoms. The Kier molecular flexibility index (Phi) is 4.28. The molecule has 0 bridgehead atoms. The van der Waals surface area contributed by atoms with Gasteiger partial charge in [-0.3, -0.25) is 0 Å². The zero-order valence-electron chi connectivity index (χ0n) is 11.6. The van der Waals surface area contributed by atoms with Gasteiger partial charge in [0.2, 0.25) is 0 Å². The van der Waals surface area contributed by atoms with Crippen molar-refractivity contribution >= 4 is 5.82 Å². The Balaban J connectivity index is 1.54. The third kappa shape index (κ3) is 3.24. The molecule has 104 valence electrons. The first-order valence-electron chi connectivity index (χ1n) is 7.71. The quantitative estimate of drug-likeness (QED) is 0.871. The molecule has 2 aliphatic rings. The number of piperidine rings is 1. The molecule has 1 saturated heterocycles. The van der Waals surface area contributed by atoms with Crippen LogP contribution in [-0.2, 0) is 12.8 Å². The topological polar surface area (TPSA) is 49.8 Å². The minimum atomic E-state index is 0.832. The summed E-state index contributed by atoms with van der Waals surface area (Å²) in [4.78, 5) is 8.85. The van der Waals surface area contributed by atoms with Crippen LogP contribution in [0.25, 0.3) is 0 Å². The van der Waals surface area contributed by atoms with Gasteiger partial charge in [0.05, 0.1) is 0 Å². The van der Waals surface area contributed by atoms with Crippen molar-refractivity contribution in [3.8, 4) is 0 Å². The van der Waals surface area contributed by atoms with Crippen LogP contribution < -0.4 is 10.6 Å². The zero-order chi connectivity index (χ0) is 12.9. The van der Waals surface area contributed by atoms with Crippen LogP contribution in [0.4, 0.5) is 5.82 Å². The van der Waals surface area contributed by atoms with E-state index in [0.717, 1.165) is 31.1 Å². The molecule has 0 spiro atoms. The molecule has 2 heterocycles. The standard InChI is InChI=1S/C15H24N4/c1-2-6-14-13(5-1)15(19-11-18-14)17-9-7-12-4-3-8-16-10-12/h11-12,16H,1-10H2,(H,17,18,19). The summed E-state index contributed by atoms with van der Waals surface area (Å²) in [5.41, 5.74) is 2.64. The lowest BCUT2D eigenvalue weighted by Crippen LogP contribution is -2.30. The van der Waals surface area contributed by atoms with E-state index in [1.54, 1.807) is 6.33 Å². The van der Waals surface area contributed by atoms with Gasteiger partial charge >= 0.3 is 0 Å². The molecule has 2 N–H and O–H groups in total. The Bertz CT molecular complexity index is 413. The number of aromatic nitrogens is 2.